The van der Waals surface area contributed by atoms with Gasteiger partial charge in [0, 0.05) is 30.5 Å². The van der Waals surface area contributed by atoms with Crippen molar-refractivity contribution in [3.05, 3.63) is 0 Å². The Labute approximate surface area is 183 Å². The number of hydrogen-bond acceptors (Lipinski definition) is 6. The van der Waals surface area contributed by atoms with Crippen LogP contribution in [-0.2, 0) is 14.4 Å². The van der Waals surface area contributed by atoms with Gasteiger partial charge in [0.25, 0.3) is 0 Å². The molecule has 1 unspecified atom stereocenters. The molecule has 2 aliphatic rings. The molecule has 0 spiro atoms. The van der Waals surface area contributed by atoms with Gasteiger partial charge in [-0.1, -0.05) is 38.5 Å². The zero-order valence-corrected chi connectivity index (χ0v) is 18.6. The van der Waals surface area contributed by atoms with Crippen LogP contribution in [0.4, 0.5) is 0 Å². The molecule has 4 N–H and O–H groups in total. The highest BCUT2D eigenvalue weighted by Crippen LogP contribution is 2.22. The molecule has 2 fully saturated rings. The SMILES string of the molecule is C1CCC(NC2CCCCC2)CC1.CC(=O)N[C@H](CSCC(C#N)C(=O)O)C(=O)O. The maximum Gasteiger partial charge on any atom is 0.327 e. The van der Waals surface area contributed by atoms with Crippen LogP contribution in [0.3, 0.4) is 0 Å². The van der Waals surface area contributed by atoms with E-state index in [2.05, 4.69) is 10.6 Å². The minimum Gasteiger partial charge on any atom is -0.480 e. The number of aliphatic carboxylic acids is 2. The van der Waals surface area contributed by atoms with E-state index in [1.54, 1.807) is 6.07 Å². The fourth-order valence-corrected chi connectivity index (χ4v) is 4.81. The van der Waals surface area contributed by atoms with E-state index < -0.39 is 29.8 Å². The third kappa shape index (κ3) is 11.4. The van der Waals surface area contributed by atoms with Gasteiger partial charge in [-0.3, -0.25) is 9.59 Å². The van der Waals surface area contributed by atoms with Crippen LogP contribution in [0.25, 0.3) is 0 Å². The van der Waals surface area contributed by atoms with Gasteiger partial charge in [-0.2, -0.15) is 17.0 Å². The van der Waals surface area contributed by atoms with Crippen molar-refractivity contribution in [1.29, 1.82) is 5.26 Å². The maximum atomic E-state index is 10.7. The molecule has 2 aliphatic carbocycles. The largest absolute Gasteiger partial charge is 0.480 e. The van der Waals surface area contributed by atoms with Crippen LogP contribution in [0.15, 0.2) is 0 Å². The van der Waals surface area contributed by atoms with Crippen molar-refractivity contribution in [3.63, 3.8) is 0 Å². The average molecular weight is 442 g/mol. The van der Waals surface area contributed by atoms with Gasteiger partial charge < -0.3 is 20.8 Å². The van der Waals surface area contributed by atoms with Crippen LogP contribution in [0, 0.1) is 17.2 Å². The first-order valence-electron chi connectivity index (χ1n) is 10.8. The van der Waals surface area contributed by atoms with Crippen LogP contribution in [0.2, 0.25) is 0 Å². The van der Waals surface area contributed by atoms with E-state index in [9.17, 15) is 14.4 Å². The fraction of sp³-hybridized carbons (Fsp3) is 0.810. The summed E-state index contributed by atoms with van der Waals surface area (Å²) in [6.45, 7) is 1.19. The Balaban J connectivity index is 0.000000308. The molecule has 0 aliphatic heterocycles. The van der Waals surface area contributed by atoms with Crippen LogP contribution in [0.5, 0.6) is 0 Å². The van der Waals surface area contributed by atoms with E-state index >= 15 is 0 Å². The number of amides is 1. The third-order valence-corrected chi connectivity index (χ3v) is 6.52. The molecule has 2 rings (SSSR count). The summed E-state index contributed by atoms with van der Waals surface area (Å²) in [5.41, 5.74) is 0. The highest BCUT2D eigenvalue weighted by atomic mass is 32.2. The molecule has 9 heteroatoms. The third-order valence-electron chi connectivity index (χ3n) is 5.38. The summed E-state index contributed by atoms with van der Waals surface area (Å²) in [4.78, 5) is 31.9. The lowest BCUT2D eigenvalue weighted by Gasteiger charge is -2.30. The number of nitrogens with zero attached hydrogens (tertiary/aromatic N) is 1. The van der Waals surface area contributed by atoms with E-state index in [4.69, 9.17) is 15.5 Å². The number of nitriles is 1. The second-order valence-corrected chi connectivity index (χ2v) is 9.06. The Hall–Kier alpha value is -1.79. The Morgan fingerprint density at radius 3 is 1.80 bits per heavy atom. The summed E-state index contributed by atoms with van der Waals surface area (Å²) < 4.78 is 0. The molecule has 8 nitrogen and oxygen atoms in total. The number of rotatable bonds is 9. The van der Waals surface area contributed by atoms with Gasteiger partial charge in [-0.25, -0.2) is 4.79 Å². The zero-order chi connectivity index (χ0) is 22.4. The quantitative estimate of drug-likeness (QED) is 0.428. The normalized spacial score (nSPS) is 19.5. The number of carboxylic acids is 2. The van der Waals surface area contributed by atoms with Crippen LogP contribution >= 0.6 is 11.8 Å². The van der Waals surface area contributed by atoms with E-state index in [1.807, 2.05) is 0 Å². The zero-order valence-electron chi connectivity index (χ0n) is 17.8. The number of nitrogens with one attached hydrogen (secondary N) is 2. The minimum absolute atomic E-state index is 0.0143. The first-order valence-corrected chi connectivity index (χ1v) is 11.9. The second kappa shape index (κ2) is 15.1. The number of carbonyl (C=O) groups excluding carboxylic acids is 1. The molecule has 30 heavy (non-hydrogen) atoms. The summed E-state index contributed by atoms with van der Waals surface area (Å²) in [6.07, 6.45) is 14.6. The standard InChI is InChI=1S/C12H23N.C9H12N2O5S/c1-3-7-11(8-4-1)13-12-9-5-2-6-10-12;1-5(12)11-7(9(15)16)4-17-3-6(2-10)8(13)14/h11-13H,1-10H2;6-7H,3-4H2,1H3,(H,11,12)(H,13,14)(H,15,16)/t;6?,7-/m.1/s1. The summed E-state index contributed by atoms with van der Waals surface area (Å²) in [5, 5.41) is 31.9. The number of hydrogen-bond donors (Lipinski definition) is 4. The molecular formula is C21H35N3O5S. The van der Waals surface area contributed by atoms with Crippen molar-refractivity contribution in [2.75, 3.05) is 11.5 Å². The number of carbonyl (C=O) groups is 3. The van der Waals surface area contributed by atoms with Gasteiger partial charge in [0.1, 0.15) is 6.04 Å². The van der Waals surface area contributed by atoms with E-state index in [1.165, 1.54) is 71.1 Å². The fourth-order valence-electron chi connectivity index (χ4n) is 3.76. The van der Waals surface area contributed by atoms with Crippen LogP contribution in [0.1, 0.15) is 71.1 Å². The Morgan fingerprint density at radius 1 is 0.933 bits per heavy atom. The number of thioether (sulfide) groups is 1. The second-order valence-electron chi connectivity index (χ2n) is 7.99. The smallest absolute Gasteiger partial charge is 0.327 e. The van der Waals surface area contributed by atoms with Crippen molar-refractivity contribution < 1.29 is 24.6 Å². The van der Waals surface area contributed by atoms with Gasteiger partial charge in [0.05, 0.1) is 6.07 Å². The van der Waals surface area contributed by atoms with Gasteiger partial charge >= 0.3 is 11.9 Å². The summed E-state index contributed by atoms with van der Waals surface area (Å²) >= 11 is 0.994. The molecule has 0 aromatic heterocycles. The molecule has 0 aromatic rings. The van der Waals surface area contributed by atoms with Gasteiger partial charge in [0.15, 0.2) is 5.92 Å². The summed E-state index contributed by atoms with van der Waals surface area (Å²) in [7, 11) is 0. The first-order chi connectivity index (χ1) is 14.3. The highest BCUT2D eigenvalue weighted by Gasteiger charge is 2.21. The Morgan fingerprint density at radius 2 is 1.43 bits per heavy atom. The average Bonchev–Trinajstić information content (AvgIpc) is 2.71. The molecule has 2 saturated carbocycles. The minimum atomic E-state index is -1.24. The predicted octanol–water partition coefficient (Wildman–Crippen LogP) is 2.77. The molecule has 0 bridgehead atoms. The van der Waals surface area contributed by atoms with E-state index in [-0.39, 0.29) is 11.5 Å². The van der Waals surface area contributed by atoms with Crippen LogP contribution in [-0.4, -0.2) is 57.7 Å². The van der Waals surface area contributed by atoms with Crippen molar-refractivity contribution in [2.24, 2.45) is 5.92 Å². The number of carboxylic acid groups (broad SMARTS) is 2. The molecule has 0 saturated heterocycles. The van der Waals surface area contributed by atoms with Gasteiger partial charge in [-0.15, -0.1) is 0 Å². The van der Waals surface area contributed by atoms with E-state index in [0.29, 0.717) is 0 Å². The van der Waals surface area contributed by atoms with Gasteiger partial charge in [-0.05, 0) is 25.7 Å². The Bertz CT molecular complexity index is 568. The molecule has 0 radical (unpaired) electrons. The topological polar surface area (TPSA) is 140 Å². The highest BCUT2D eigenvalue weighted by molar-refractivity contribution is 7.99. The van der Waals surface area contributed by atoms with Crippen molar-refractivity contribution in [3.8, 4) is 6.07 Å². The van der Waals surface area contributed by atoms with Gasteiger partial charge in [0.2, 0.25) is 5.91 Å². The molecule has 170 valence electrons. The Kier molecular flexibility index (Phi) is 13.2. The van der Waals surface area contributed by atoms with Crippen molar-refractivity contribution in [2.45, 2.75) is 89.3 Å². The molecule has 0 heterocycles. The summed E-state index contributed by atoms with van der Waals surface area (Å²) in [6, 6.07) is 2.26. The lowest BCUT2D eigenvalue weighted by Crippen LogP contribution is -2.41. The lowest BCUT2D eigenvalue weighted by atomic mass is 9.91. The molecule has 1 amide bonds. The predicted molar refractivity (Wildman–Crippen MR) is 116 cm³/mol. The first kappa shape index (κ1) is 26.2. The summed E-state index contributed by atoms with van der Waals surface area (Å²) in [5.74, 6) is -4.10. The monoisotopic (exact) mass is 441 g/mol. The van der Waals surface area contributed by atoms with Crippen LogP contribution < -0.4 is 10.6 Å². The molecule has 2 atom stereocenters. The maximum absolute atomic E-state index is 10.7. The lowest BCUT2D eigenvalue weighted by molar-refractivity contribution is -0.140. The van der Waals surface area contributed by atoms with Crippen molar-refractivity contribution >= 4 is 29.6 Å². The van der Waals surface area contributed by atoms with Crippen molar-refractivity contribution in [1.82, 2.24) is 10.6 Å². The van der Waals surface area contributed by atoms with E-state index in [0.717, 1.165) is 23.8 Å². The molecular weight excluding hydrogens is 406 g/mol. The molecule has 0 aromatic carbocycles.